The van der Waals surface area contributed by atoms with Gasteiger partial charge in [-0.05, 0) is 12.5 Å². The van der Waals surface area contributed by atoms with Crippen molar-refractivity contribution >= 4 is 21.4 Å². The van der Waals surface area contributed by atoms with E-state index in [0.717, 1.165) is 16.9 Å². The van der Waals surface area contributed by atoms with E-state index in [9.17, 15) is 13.5 Å². The molecule has 2 rings (SSSR count). The van der Waals surface area contributed by atoms with Gasteiger partial charge in [-0.3, -0.25) is 0 Å². The number of aliphatic hydroxyl groups excluding tert-OH is 1. The number of aryl methyl sites for hydroxylation is 1. The van der Waals surface area contributed by atoms with Crippen LogP contribution in [0.15, 0.2) is 40.7 Å². The zero-order valence-corrected chi connectivity index (χ0v) is 11.9. The molecule has 0 spiro atoms. The number of hydrogen-bond donors (Lipinski definition) is 2. The maximum atomic E-state index is 12.1. The second-order valence-corrected chi connectivity index (χ2v) is 7.14. The molecule has 0 unspecified atom stereocenters. The van der Waals surface area contributed by atoms with Gasteiger partial charge in [0, 0.05) is 0 Å². The van der Waals surface area contributed by atoms with Gasteiger partial charge < -0.3 is 5.11 Å². The molecule has 5 nitrogen and oxygen atoms in total. The van der Waals surface area contributed by atoms with E-state index in [2.05, 4.69) is 9.71 Å². The molecule has 0 saturated heterocycles. The van der Waals surface area contributed by atoms with Crippen LogP contribution < -0.4 is 4.72 Å². The van der Waals surface area contributed by atoms with Crippen LogP contribution in [0.25, 0.3) is 0 Å². The topological polar surface area (TPSA) is 79.3 Å². The normalized spacial score (nSPS) is 13.4. The van der Waals surface area contributed by atoms with Crippen molar-refractivity contribution in [2.24, 2.45) is 0 Å². The van der Waals surface area contributed by atoms with Crippen LogP contribution >= 0.6 is 11.3 Å². The molecule has 1 heterocycles. The van der Waals surface area contributed by atoms with Crippen LogP contribution in [0.4, 0.5) is 0 Å². The lowest BCUT2D eigenvalue weighted by Gasteiger charge is -2.15. The molecule has 1 aromatic heterocycles. The Kier molecular flexibility index (Phi) is 4.31. The minimum Gasteiger partial charge on any atom is -0.394 e. The highest BCUT2D eigenvalue weighted by atomic mass is 32.2. The van der Waals surface area contributed by atoms with Crippen LogP contribution in [-0.2, 0) is 10.0 Å². The summed E-state index contributed by atoms with van der Waals surface area (Å²) in [7, 11) is -3.65. The lowest BCUT2D eigenvalue weighted by Crippen LogP contribution is -2.30. The molecular formula is C12H14N2O3S2. The number of aliphatic hydroxyl groups is 1. The van der Waals surface area contributed by atoms with E-state index in [4.69, 9.17) is 0 Å². The first-order chi connectivity index (χ1) is 9.03. The number of benzene rings is 1. The van der Waals surface area contributed by atoms with Crippen molar-refractivity contribution < 1.29 is 13.5 Å². The summed E-state index contributed by atoms with van der Waals surface area (Å²) < 4.78 is 26.9. The van der Waals surface area contributed by atoms with E-state index in [-0.39, 0.29) is 10.8 Å². The predicted molar refractivity (Wildman–Crippen MR) is 73.4 cm³/mol. The van der Waals surface area contributed by atoms with Crippen LogP contribution in [0.2, 0.25) is 0 Å². The molecule has 0 aliphatic carbocycles. The average Bonchev–Trinajstić information content (AvgIpc) is 2.85. The summed E-state index contributed by atoms with van der Waals surface area (Å²) in [4.78, 5) is 3.93. The van der Waals surface area contributed by atoms with Gasteiger partial charge in [0.2, 0.25) is 0 Å². The van der Waals surface area contributed by atoms with E-state index in [0.29, 0.717) is 5.01 Å². The van der Waals surface area contributed by atoms with Gasteiger partial charge in [-0.1, -0.05) is 30.3 Å². The first-order valence-electron chi connectivity index (χ1n) is 5.63. The molecule has 2 N–H and O–H groups in total. The van der Waals surface area contributed by atoms with Crippen LogP contribution in [0.1, 0.15) is 16.6 Å². The Morgan fingerprint density at radius 3 is 2.58 bits per heavy atom. The van der Waals surface area contributed by atoms with Gasteiger partial charge in [-0.25, -0.2) is 18.1 Å². The monoisotopic (exact) mass is 298 g/mol. The summed E-state index contributed by atoms with van der Waals surface area (Å²) in [5.74, 6) is 0. The Balaban J connectivity index is 2.23. The fourth-order valence-electron chi connectivity index (χ4n) is 1.61. The first-order valence-corrected chi connectivity index (χ1v) is 7.93. The molecular weight excluding hydrogens is 284 g/mol. The summed E-state index contributed by atoms with van der Waals surface area (Å²) in [6.07, 6.45) is 1.32. The molecule has 102 valence electrons. The van der Waals surface area contributed by atoms with Crippen molar-refractivity contribution in [1.82, 2.24) is 9.71 Å². The number of sulfonamides is 1. The quantitative estimate of drug-likeness (QED) is 0.876. The summed E-state index contributed by atoms with van der Waals surface area (Å²) in [5, 5.41) is 10.0. The highest BCUT2D eigenvalue weighted by Crippen LogP contribution is 2.21. The second kappa shape index (κ2) is 5.79. The molecule has 1 atom stereocenters. The smallest absolute Gasteiger partial charge is 0.252 e. The molecule has 0 aliphatic heterocycles. The second-order valence-electron chi connectivity index (χ2n) is 3.97. The van der Waals surface area contributed by atoms with Gasteiger partial charge in [0.05, 0.1) is 23.9 Å². The van der Waals surface area contributed by atoms with Crippen LogP contribution in [-0.4, -0.2) is 25.1 Å². The van der Waals surface area contributed by atoms with Crippen LogP contribution in [0.5, 0.6) is 0 Å². The van der Waals surface area contributed by atoms with E-state index in [1.165, 1.54) is 6.20 Å². The number of aromatic nitrogens is 1. The maximum absolute atomic E-state index is 12.1. The molecule has 0 saturated carbocycles. The molecule has 1 aromatic carbocycles. The predicted octanol–water partition coefficient (Wildman–Crippen LogP) is 1.46. The fraction of sp³-hybridized carbons (Fsp3) is 0.250. The largest absolute Gasteiger partial charge is 0.394 e. The van der Waals surface area contributed by atoms with Gasteiger partial charge in [0.1, 0.15) is 0 Å². The number of rotatable bonds is 5. The van der Waals surface area contributed by atoms with E-state index >= 15 is 0 Å². The summed E-state index contributed by atoms with van der Waals surface area (Å²) >= 11 is 1.10. The summed E-state index contributed by atoms with van der Waals surface area (Å²) in [6.45, 7) is 1.44. The third-order valence-electron chi connectivity index (χ3n) is 2.55. The van der Waals surface area contributed by atoms with Crippen LogP contribution in [0.3, 0.4) is 0 Å². The van der Waals surface area contributed by atoms with Crippen molar-refractivity contribution in [3.8, 4) is 0 Å². The standard InChI is InChI=1S/C12H14N2O3S2/c1-9-13-7-12(18-9)19(16,17)14-11(8-15)10-5-3-2-4-6-10/h2-7,11,14-15H,8H2,1H3/t11-/m0/s1. The number of nitrogens with one attached hydrogen (secondary N) is 1. The van der Waals surface area contributed by atoms with Gasteiger partial charge in [-0.2, -0.15) is 0 Å². The van der Waals surface area contributed by atoms with Gasteiger partial charge in [-0.15, -0.1) is 11.3 Å². The first kappa shape index (κ1) is 14.1. The van der Waals surface area contributed by atoms with Crippen molar-refractivity contribution in [2.45, 2.75) is 17.2 Å². The zero-order valence-electron chi connectivity index (χ0n) is 10.3. The summed E-state index contributed by atoms with van der Waals surface area (Å²) in [5.41, 5.74) is 0.717. The highest BCUT2D eigenvalue weighted by Gasteiger charge is 2.22. The molecule has 0 amide bonds. The minimum absolute atomic E-state index is 0.152. The Morgan fingerprint density at radius 2 is 2.05 bits per heavy atom. The van der Waals surface area contributed by atoms with Gasteiger partial charge >= 0.3 is 0 Å². The Hall–Kier alpha value is -1.28. The van der Waals surface area contributed by atoms with Crippen molar-refractivity contribution in [3.05, 3.63) is 47.1 Å². The molecule has 0 fully saturated rings. The van der Waals surface area contributed by atoms with Gasteiger partial charge in [0.25, 0.3) is 10.0 Å². The zero-order chi connectivity index (χ0) is 13.9. The Labute approximate surface area is 116 Å². The Morgan fingerprint density at radius 1 is 1.37 bits per heavy atom. The number of thiazole rings is 1. The fourth-order valence-corrected chi connectivity index (χ4v) is 3.95. The SMILES string of the molecule is Cc1ncc(S(=O)(=O)N[C@@H](CO)c2ccccc2)s1. The van der Waals surface area contributed by atoms with Crippen LogP contribution in [0, 0.1) is 6.92 Å². The minimum atomic E-state index is -3.65. The Bertz CT molecular complexity index is 638. The van der Waals surface area contributed by atoms with E-state index in [1.54, 1.807) is 31.2 Å². The lowest BCUT2D eigenvalue weighted by molar-refractivity contribution is 0.259. The number of hydrogen-bond acceptors (Lipinski definition) is 5. The average molecular weight is 298 g/mol. The van der Waals surface area contributed by atoms with E-state index in [1.807, 2.05) is 6.07 Å². The molecule has 0 aliphatic rings. The van der Waals surface area contributed by atoms with Crippen molar-refractivity contribution in [2.75, 3.05) is 6.61 Å². The highest BCUT2D eigenvalue weighted by molar-refractivity contribution is 7.91. The number of nitrogens with zero attached hydrogens (tertiary/aromatic N) is 1. The van der Waals surface area contributed by atoms with E-state index < -0.39 is 16.1 Å². The molecule has 19 heavy (non-hydrogen) atoms. The maximum Gasteiger partial charge on any atom is 0.252 e. The lowest BCUT2D eigenvalue weighted by atomic mass is 10.1. The summed E-state index contributed by atoms with van der Waals surface area (Å²) in [6, 6.07) is 8.29. The third kappa shape index (κ3) is 3.38. The molecule has 2 aromatic rings. The van der Waals surface area contributed by atoms with Gasteiger partial charge in [0.15, 0.2) is 4.21 Å². The molecule has 0 radical (unpaired) electrons. The molecule has 7 heteroatoms. The molecule has 0 bridgehead atoms. The third-order valence-corrected chi connectivity index (χ3v) is 5.39. The van der Waals surface area contributed by atoms with Crippen molar-refractivity contribution in [1.29, 1.82) is 0 Å². The van der Waals surface area contributed by atoms with Crippen molar-refractivity contribution in [3.63, 3.8) is 0 Å².